The molecule has 11 heteroatoms. The third kappa shape index (κ3) is 10.5. The van der Waals surface area contributed by atoms with Crippen molar-refractivity contribution < 1.29 is 19.1 Å². The van der Waals surface area contributed by atoms with Gasteiger partial charge in [-0.3, -0.25) is 20.3 Å². The molecule has 182 valence electrons. The van der Waals surface area contributed by atoms with Gasteiger partial charge in [0.15, 0.2) is 6.61 Å². The van der Waals surface area contributed by atoms with E-state index in [9.17, 15) is 14.4 Å². The number of para-hydroxylation sites is 1. The number of nitrogens with two attached hydrogens (primary N) is 2. The minimum atomic E-state index is -0.855. The second-order valence-corrected chi connectivity index (χ2v) is 7.26. The molecule has 0 fully saturated rings. The lowest BCUT2D eigenvalue weighted by Crippen LogP contribution is -2.56. The second-order valence-electron chi connectivity index (χ2n) is 7.26. The lowest BCUT2D eigenvalue weighted by atomic mass is 10.1. The van der Waals surface area contributed by atoms with E-state index in [1.165, 1.54) is 0 Å². The fraction of sp³-hybridized carbons (Fsp3) is 0.304. The zero-order chi connectivity index (χ0) is 24.6. The van der Waals surface area contributed by atoms with Crippen LogP contribution >= 0.6 is 0 Å². The van der Waals surface area contributed by atoms with Crippen LogP contribution in [-0.2, 0) is 16.1 Å². The third-order valence-corrected chi connectivity index (χ3v) is 4.52. The van der Waals surface area contributed by atoms with Crippen molar-refractivity contribution in [2.24, 2.45) is 16.5 Å². The first-order chi connectivity index (χ1) is 16.5. The van der Waals surface area contributed by atoms with E-state index in [1.807, 2.05) is 36.4 Å². The summed E-state index contributed by atoms with van der Waals surface area (Å²) in [5.74, 6) is -0.601. The van der Waals surface area contributed by atoms with Crippen LogP contribution in [0.2, 0.25) is 0 Å². The smallest absolute Gasteiger partial charge is 0.334 e. The number of guanidine groups is 1. The molecule has 4 amide bonds. The number of hydrazine groups is 1. The van der Waals surface area contributed by atoms with Crippen molar-refractivity contribution >= 4 is 23.8 Å². The summed E-state index contributed by atoms with van der Waals surface area (Å²) in [5.41, 5.74) is 16.6. The number of hydrogen-bond donors (Lipinski definition) is 6. The Hall–Kier alpha value is -4.12. The van der Waals surface area contributed by atoms with Gasteiger partial charge >= 0.3 is 6.03 Å². The normalized spacial score (nSPS) is 11.7. The van der Waals surface area contributed by atoms with Gasteiger partial charge in [0.25, 0.3) is 5.91 Å². The molecular formula is C23H31N7O4. The quantitative estimate of drug-likeness (QED) is 0.121. The van der Waals surface area contributed by atoms with Crippen LogP contribution in [0.4, 0.5) is 4.79 Å². The molecule has 0 saturated heterocycles. The maximum Gasteiger partial charge on any atom is 0.334 e. The lowest BCUT2D eigenvalue weighted by Gasteiger charge is -2.17. The summed E-state index contributed by atoms with van der Waals surface area (Å²) in [7, 11) is 0. The van der Waals surface area contributed by atoms with E-state index in [2.05, 4.69) is 26.5 Å². The zero-order valence-electron chi connectivity index (χ0n) is 18.8. The summed E-state index contributed by atoms with van der Waals surface area (Å²) in [5, 5.41) is 5.04. The van der Waals surface area contributed by atoms with Crippen LogP contribution in [0.5, 0.6) is 5.75 Å². The molecule has 11 nitrogen and oxygen atoms in total. The molecule has 34 heavy (non-hydrogen) atoms. The summed E-state index contributed by atoms with van der Waals surface area (Å²) in [6.07, 6.45) is 1.71. The van der Waals surface area contributed by atoms with Gasteiger partial charge in [-0.05, 0) is 43.5 Å². The molecule has 2 rings (SSSR count). The standard InChI is InChI=1S/C23H31N7O4/c24-14-8-7-13-19(21(25)32)27-23(33)30-29-22(26-15-17-9-3-1-4-10-17)28-20(31)16-34-18-11-5-2-6-12-18/h1-6,9-12,19H,7-8,13-16,24H2,(H2,25,32)(H2,27,30,33)(H2,26,28,29,31)/t19-/m0/s1. The number of primary amides is 1. The highest BCUT2D eigenvalue weighted by Crippen LogP contribution is 2.07. The lowest BCUT2D eigenvalue weighted by molar-refractivity contribution is -0.122. The van der Waals surface area contributed by atoms with Gasteiger partial charge in [0.2, 0.25) is 11.9 Å². The van der Waals surface area contributed by atoms with Crippen LogP contribution in [0.15, 0.2) is 65.7 Å². The summed E-state index contributed by atoms with van der Waals surface area (Å²) in [4.78, 5) is 40.5. The Balaban J connectivity index is 1.94. The summed E-state index contributed by atoms with van der Waals surface area (Å²) >= 11 is 0. The summed E-state index contributed by atoms with van der Waals surface area (Å²) < 4.78 is 5.43. The summed E-state index contributed by atoms with van der Waals surface area (Å²) in [6.45, 7) is 0.469. The first-order valence-corrected chi connectivity index (χ1v) is 10.9. The van der Waals surface area contributed by atoms with Gasteiger partial charge in [-0.2, -0.15) is 0 Å². The zero-order valence-corrected chi connectivity index (χ0v) is 18.8. The maximum atomic E-state index is 12.3. The minimum absolute atomic E-state index is 0.000536. The molecule has 1 atom stereocenters. The van der Waals surface area contributed by atoms with Crippen LogP contribution in [0.3, 0.4) is 0 Å². The average Bonchev–Trinajstić information content (AvgIpc) is 2.85. The first-order valence-electron chi connectivity index (χ1n) is 10.9. The largest absolute Gasteiger partial charge is 0.484 e. The van der Waals surface area contributed by atoms with Crippen LogP contribution in [0.25, 0.3) is 0 Å². The molecular weight excluding hydrogens is 438 g/mol. The first kappa shape index (κ1) is 26.1. The van der Waals surface area contributed by atoms with Crippen molar-refractivity contribution in [3.05, 3.63) is 66.2 Å². The minimum Gasteiger partial charge on any atom is -0.484 e. The van der Waals surface area contributed by atoms with E-state index in [-0.39, 0.29) is 19.1 Å². The van der Waals surface area contributed by atoms with Crippen molar-refractivity contribution in [3.8, 4) is 5.75 Å². The number of urea groups is 1. The highest BCUT2D eigenvalue weighted by molar-refractivity contribution is 5.98. The van der Waals surface area contributed by atoms with Crippen LogP contribution in [0, 0.1) is 0 Å². The van der Waals surface area contributed by atoms with Gasteiger partial charge in [-0.1, -0.05) is 48.5 Å². The molecule has 0 aliphatic heterocycles. The Morgan fingerprint density at radius 3 is 2.26 bits per heavy atom. The number of hydrogen-bond acceptors (Lipinski definition) is 6. The second kappa shape index (κ2) is 14.9. The predicted molar refractivity (Wildman–Crippen MR) is 128 cm³/mol. The van der Waals surface area contributed by atoms with Gasteiger partial charge in [0, 0.05) is 0 Å². The van der Waals surface area contributed by atoms with Crippen molar-refractivity contribution in [2.75, 3.05) is 13.2 Å². The van der Waals surface area contributed by atoms with E-state index in [0.717, 1.165) is 5.56 Å². The molecule has 2 aromatic carbocycles. The Labute approximate surface area is 198 Å². The van der Waals surface area contributed by atoms with Crippen molar-refractivity contribution in [2.45, 2.75) is 31.8 Å². The topological polar surface area (TPSA) is 173 Å². The number of unbranched alkanes of at least 4 members (excludes halogenated alkanes) is 1. The fourth-order valence-electron chi connectivity index (χ4n) is 2.79. The van der Waals surface area contributed by atoms with E-state index in [1.54, 1.807) is 24.3 Å². The molecule has 0 saturated carbocycles. The van der Waals surface area contributed by atoms with Gasteiger partial charge < -0.3 is 21.5 Å². The summed E-state index contributed by atoms with van der Waals surface area (Å²) in [6, 6.07) is 16.7. The Bertz CT molecular complexity index is 939. The van der Waals surface area contributed by atoms with Gasteiger partial charge in [-0.25, -0.2) is 15.2 Å². The van der Waals surface area contributed by atoms with E-state index < -0.39 is 23.9 Å². The van der Waals surface area contributed by atoms with Crippen molar-refractivity contribution in [1.82, 2.24) is 21.5 Å². The predicted octanol–water partition coefficient (Wildman–Crippen LogP) is 0.525. The molecule has 0 aromatic heterocycles. The molecule has 0 spiro atoms. The number of benzene rings is 2. The number of ether oxygens (including phenoxy) is 1. The molecule has 0 radical (unpaired) electrons. The number of rotatable bonds is 11. The van der Waals surface area contributed by atoms with Gasteiger partial charge in [-0.15, -0.1) is 0 Å². The maximum absolute atomic E-state index is 12.3. The van der Waals surface area contributed by atoms with Crippen molar-refractivity contribution in [3.63, 3.8) is 0 Å². The molecule has 0 aliphatic rings. The Morgan fingerprint density at radius 2 is 1.62 bits per heavy atom. The van der Waals surface area contributed by atoms with Gasteiger partial charge in [0.05, 0.1) is 6.54 Å². The number of carbonyl (C=O) groups is 3. The van der Waals surface area contributed by atoms with Crippen LogP contribution in [-0.4, -0.2) is 43.0 Å². The Kier molecular flexibility index (Phi) is 11.4. The number of nitrogens with one attached hydrogen (secondary N) is 4. The molecule has 0 heterocycles. The van der Waals surface area contributed by atoms with Crippen molar-refractivity contribution in [1.29, 1.82) is 0 Å². The van der Waals surface area contributed by atoms with Crippen LogP contribution in [0.1, 0.15) is 24.8 Å². The number of amides is 4. The molecule has 0 aliphatic carbocycles. The Morgan fingerprint density at radius 1 is 0.941 bits per heavy atom. The number of nitrogens with zero attached hydrogens (tertiary/aromatic N) is 1. The number of aliphatic imine (C=N–C) groups is 1. The van der Waals surface area contributed by atoms with E-state index in [4.69, 9.17) is 16.2 Å². The number of carbonyl (C=O) groups excluding carboxylic acids is 3. The molecule has 8 N–H and O–H groups in total. The average molecular weight is 470 g/mol. The van der Waals surface area contributed by atoms with Crippen LogP contribution < -0.4 is 37.7 Å². The van der Waals surface area contributed by atoms with E-state index >= 15 is 0 Å². The monoisotopic (exact) mass is 469 g/mol. The fourth-order valence-corrected chi connectivity index (χ4v) is 2.79. The van der Waals surface area contributed by atoms with E-state index in [0.29, 0.717) is 31.6 Å². The highest BCUT2D eigenvalue weighted by Gasteiger charge is 2.18. The molecule has 0 unspecified atom stereocenters. The molecule has 2 aromatic rings. The highest BCUT2D eigenvalue weighted by atomic mass is 16.5. The molecule has 0 bridgehead atoms. The SMILES string of the molecule is NCCCC[C@H](NC(=O)NNC(=NCc1ccccc1)NC(=O)COc1ccccc1)C(N)=O. The third-order valence-electron chi connectivity index (χ3n) is 4.52. The van der Waals surface area contributed by atoms with Gasteiger partial charge in [0.1, 0.15) is 11.8 Å².